The molecule has 0 amide bonds. The van der Waals surface area contributed by atoms with Crippen molar-refractivity contribution in [1.82, 2.24) is 0 Å². The second kappa shape index (κ2) is 10.4. The van der Waals surface area contributed by atoms with Gasteiger partial charge in [0.05, 0.1) is 37.7 Å². The molecule has 1 aromatic rings. The van der Waals surface area contributed by atoms with Crippen molar-refractivity contribution in [2.45, 2.75) is 26.5 Å². The van der Waals surface area contributed by atoms with E-state index in [1.807, 2.05) is 5.40 Å². The molecule has 7 nitrogen and oxygen atoms in total. The Morgan fingerprint density at radius 2 is 1.96 bits per heavy atom. The van der Waals surface area contributed by atoms with E-state index < -0.39 is 13.6 Å². The fourth-order valence-electron chi connectivity index (χ4n) is 1.89. The lowest BCUT2D eigenvalue weighted by atomic mass is 10.2. The summed E-state index contributed by atoms with van der Waals surface area (Å²) in [7, 11) is -3.75. The number of nitriles is 1. The molecule has 0 N–H and O–H groups in total. The molecule has 0 saturated heterocycles. The highest BCUT2D eigenvalue weighted by Gasteiger charge is 2.34. The fourth-order valence-corrected chi connectivity index (χ4v) is 4.12. The monoisotopic (exact) mass is 373 g/mol. The SMILES string of the molecule is CCOC(=O)C=C(c1cocc1CSC#N)P(=O)(OCC)OCC. The second-order valence-electron chi connectivity index (χ2n) is 4.31. The third-order valence-electron chi connectivity index (χ3n) is 2.74. The number of carbonyl (C=O) groups is 1. The molecule has 1 rings (SSSR count). The van der Waals surface area contributed by atoms with Crippen LogP contribution in [-0.2, 0) is 28.9 Å². The zero-order chi connectivity index (χ0) is 18.0. The second-order valence-corrected chi connectivity index (χ2v) is 7.06. The Hall–Kier alpha value is -1.52. The average Bonchev–Trinajstić information content (AvgIpc) is 2.99. The van der Waals surface area contributed by atoms with Gasteiger partial charge >= 0.3 is 13.6 Å². The standard InChI is InChI=1S/C15H20NO6PS/c1-4-20-15(17)7-14(23(18,21-5-2)22-6-3)13-9-19-8-12(13)10-24-11-16/h7-9H,4-6,10H2,1-3H3. The minimum atomic E-state index is -3.75. The van der Waals surface area contributed by atoms with E-state index >= 15 is 0 Å². The first-order valence-electron chi connectivity index (χ1n) is 7.36. The largest absolute Gasteiger partial charge is 0.472 e. The van der Waals surface area contributed by atoms with E-state index in [0.29, 0.717) is 16.9 Å². The van der Waals surface area contributed by atoms with Crippen molar-refractivity contribution in [2.24, 2.45) is 0 Å². The first-order valence-corrected chi connectivity index (χ1v) is 9.89. The quantitative estimate of drug-likeness (QED) is 0.261. The molecule has 0 fully saturated rings. The summed E-state index contributed by atoms with van der Waals surface area (Å²) < 4.78 is 33.9. The predicted molar refractivity (Wildman–Crippen MR) is 91.1 cm³/mol. The summed E-state index contributed by atoms with van der Waals surface area (Å²) >= 11 is 0.995. The van der Waals surface area contributed by atoms with Crippen molar-refractivity contribution in [3.05, 3.63) is 29.7 Å². The number of nitrogens with zero attached hydrogens (tertiary/aromatic N) is 1. The summed E-state index contributed by atoms with van der Waals surface area (Å²) in [6, 6.07) is 0. The lowest BCUT2D eigenvalue weighted by molar-refractivity contribution is -0.137. The summed E-state index contributed by atoms with van der Waals surface area (Å²) in [4.78, 5) is 11.9. The minimum absolute atomic E-state index is 0.0620. The molecule has 132 valence electrons. The van der Waals surface area contributed by atoms with Crippen LogP contribution in [0.4, 0.5) is 0 Å². The number of hydrogen-bond acceptors (Lipinski definition) is 8. The zero-order valence-electron chi connectivity index (χ0n) is 13.8. The van der Waals surface area contributed by atoms with Gasteiger partial charge in [-0.3, -0.25) is 4.57 Å². The Morgan fingerprint density at radius 1 is 1.29 bits per heavy atom. The van der Waals surface area contributed by atoms with E-state index in [1.165, 1.54) is 12.5 Å². The number of esters is 1. The molecule has 1 aromatic heterocycles. The van der Waals surface area contributed by atoms with Crippen LogP contribution in [0.1, 0.15) is 31.9 Å². The normalized spacial score (nSPS) is 12.0. The van der Waals surface area contributed by atoms with Gasteiger partial charge in [-0.15, -0.1) is 0 Å². The fraction of sp³-hybridized carbons (Fsp3) is 0.467. The number of hydrogen-bond donors (Lipinski definition) is 0. The van der Waals surface area contributed by atoms with Gasteiger partial charge in [-0.25, -0.2) is 4.79 Å². The van der Waals surface area contributed by atoms with Gasteiger partial charge in [0.25, 0.3) is 0 Å². The topological polar surface area (TPSA) is 98.8 Å². The van der Waals surface area contributed by atoms with E-state index in [4.69, 9.17) is 23.5 Å². The van der Waals surface area contributed by atoms with Gasteiger partial charge in [0.2, 0.25) is 0 Å². The maximum Gasteiger partial charge on any atom is 0.362 e. The number of furan rings is 1. The summed E-state index contributed by atoms with van der Waals surface area (Å²) in [6.07, 6.45) is 3.88. The van der Waals surface area contributed by atoms with E-state index in [-0.39, 0.29) is 25.1 Å². The third-order valence-corrected chi connectivity index (χ3v) is 5.49. The maximum absolute atomic E-state index is 13.1. The van der Waals surface area contributed by atoms with Crippen LogP contribution in [0.2, 0.25) is 0 Å². The summed E-state index contributed by atoms with van der Waals surface area (Å²) in [5, 5.41) is 10.7. The first-order chi connectivity index (χ1) is 11.5. The van der Waals surface area contributed by atoms with Crippen LogP contribution in [0.25, 0.3) is 5.31 Å². The Bertz CT molecular complexity index is 653. The molecular formula is C15H20NO6PS. The van der Waals surface area contributed by atoms with Crippen molar-refractivity contribution < 1.29 is 27.6 Å². The summed E-state index contributed by atoms with van der Waals surface area (Å²) in [5.41, 5.74) is 1.01. The van der Waals surface area contributed by atoms with Crippen LogP contribution in [-0.4, -0.2) is 25.8 Å². The average molecular weight is 373 g/mol. The van der Waals surface area contributed by atoms with Crippen molar-refractivity contribution in [1.29, 1.82) is 5.26 Å². The van der Waals surface area contributed by atoms with Crippen LogP contribution in [0.5, 0.6) is 0 Å². The first kappa shape index (κ1) is 20.5. The Morgan fingerprint density at radius 3 is 2.50 bits per heavy atom. The van der Waals surface area contributed by atoms with Gasteiger partial charge in [-0.05, 0) is 32.5 Å². The van der Waals surface area contributed by atoms with Gasteiger partial charge < -0.3 is 18.2 Å². The van der Waals surface area contributed by atoms with Crippen molar-refractivity contribution >= 4 is 30.6 Å². The van der Waals surface area contributed by atoms with Crippen LogP contribution in [0, 0.1) is 10.7 Å². The lowest BCUT2D eigenvalue weighted by Gasteiger charge is -2.20. The van der Waals surface area contributed by atoms with Crippen LogP contribution >= 0.6 is 19.4 Å². The number of thioether (sulfide) groups is 1. The minimum Gasteiger partial charge on any atom is -0.472 e. The maximum atomic E-state index is 13.1. The van der Waals surface area contributed by atoms with Gasteiger partial charge in [0.1, 0.15) is 5.40 Å². The molecule has 0 bridgehead atoms. The number of rotatable bonds is 10. The van der Waals surface area contributed by atoms with Crippen LogP contribution < -0.4 is 0 Å². The highest BCUT2D eigenvalue weighted by Crippen LogP contribution is 2.61. The smallest absolute Gasteiger partial charge is 0.362 e. The zero-order valence-corrected chi connectivity index (χ0v) is 15.5. The number of ether oxygens (including phenoxy) is 1. The van der Waals surface area contributed by atoms with E-state index in [9.17, 15) is 9.36 Å². The lowest BCUT2D eigenvalue weighted by Crippen LogP contribution is -2.05. The molecule has 0 radical (unpaired) electrons. The molecule has 0 spiro atoms. The molecule has 9 heteroatoms. The summed E-state index contributed by atoms with van der Waals surface area (Å²) in [6.45, 7) is 5.47. The molecule has 0 aliphatic heterocycles. The molecule has 0 saturated carbocycles. The predicted octanol–water partition coefficient (Wildman–Crippen LogP) is 4.16. The van der Waals surface area contributed by atoms with Gasteiger partial charge in [-0.2, -0.15) is 5.26 Å². The van der Waals surface area contributed by atoms with Crippen molar-refractivity contribution in [3.8, 4) is 5.40 Å². The van der Waals surface area contributed by atoms with E-state index in [0.717, 1.165) is 17.8 Å². The number of thiocyanates is 1. The third kappa shape index (κ3) is 5.53. The summed E-state index contributed by atoms with van der Waals surface area (Å²) in [5.74, 6) is -0.354. The van der Waals surface area contributed by atoms with E-state index in [1.54, 1.807) is 20.8 Å². The van der Waals surface area contributed by atoms with E-state index in [2.05, 4.69) is 0 Å². The molecule has 24 heavy (non-hydrogen) atoms. The van der Waals surface area contributed by atoms with Crippen LogP contribution in [0.15, 0.2) is 23.0 Å². The van der Waals surface area contributed by atoms with Crippen LogP contribution in [0.3, 0.4) is 0 Å². The molecule has 0 aliphatic rings. The molecule has 0 aliphatic carbocycles. The highest BCUT2D eigenvalue weighted by molar-refractivity contribution is 8.02. The Labute approximate surface area is 145 Å². The van der Waals surface area contributed by atoms with Gasteiger partial charge in [0.15, 0.2) is 0 Å². The van der Waals surface area contributed by atoms with Gasteiger partial charge in [-0.1, -0.05) is 0 Å². The molecule has 1 heterocycles. The molecule has 0 aromatic carbocycles. The van der Waals surface area contributed by atoms with Crippen molar-refractivity contribution in [3.63, 3.8) is 0 Å². The highest BCUT2D eigenvalue weighted by atomic mass is 32.2. The molecular weight excluding hydrogens is 353 g/mol. The van der Waals surface area contributed by atoms with Gasteiger partial charge in [0, 0.05) is 23.0 Å². The molecule has 0 unspecified atom stereocenters. The van der Waals surface area contributed by atoms with Crippen molar-refractivity contribution in [2.75, 3.05) is 19.8 Å². The Balaban J connectivity index is 3.39. The molecule has 0 atom stereocenters. The number of carbonyl (C=O) groups excluding carboxylic acids is 1. The Kier molecular flexibility index (Phi) is 8.87.